The summed E-state index contributed by atoms with van der Waals surface area (Å²) >= 11 is 0. The molecule has 0 aliphatic carbocycles. The average molecular weight is 220 g/mol. The summed E-state index contributed by atoms with van der Waals surface area (Å²) in [7, 11) is 0. The van der Waals surface area contributed by atoms with Gasteiger partial charge in [-0.3, -0.25) is 4.90 Å². The number of aromatic amines is 1. The molecule has 3 N–H and O–H groups in total. The second-order valence-corrected chi connectivity index (χ2v) is 5.26. The van der Waals surface area contributed by atoms with Gasteiger partial charge < -0.3 is 10.7 Å². The quantitative estimate of drug-likeness (QED) is 0.786. The molecular formula is C12H20N4. The summed E-state index contributed by atoms with van der Waals surface area (Å²) in [5.74, 6) is 0. The van der Waals surface area contributed by atoms with Crippen LogP contribution in [0.5, 0.6) is 0 Å². The number of nitrogens with zero attached hydrogens (tertiary/aromatic N) is 2. The van der Waals surface area contributed by atoms with Gasteiger partial charge >= 0.3 is 0 Å². The Balaban J connectivity index is 1.75. The maximum absolute atomic E-state index is 6.07. The number of hydrogen-bond donors (Lipinski definition) is 2. The zero-order chi connectivity index (χ0) is 11.1. The van der Waals surface area contributed by atoms with Crippen molar-refractivity contribution in [2.75, 3.05) is 0 Å². The van der Waals surface area contributed by atoms with Gasteiger partial charge in [-0.05, 0) is 32.6 Å². The van der Waals surface area contributed by atoms with Crippen molar-refractivity contribution in [1.29, 1.82) is 0 Å². The van der Waals surface area contributed by atoms with E-state index in [0.717, 1.165) is 6.54 Å². The van der Waals surface area contributed by atoms with Crippen molar-refractivity contribution < 1.29 is 0 Å². The minimum absolute atomic E-state index is 0.425. The molecule has 0 amide bonds. The zero-order valence-electron chi connectivity index (χ0n) is 9.82. The van der Waals surface area contributed by atoms with E-state index in [1.54, 1.807) is 6.33 Å². The van der Waals surface area contributed by atoms with Crippen LogP contribution in [0.25, 0.3) is 0 Å². The summed E-state index contributed by atoms with van der Waals surface area (Å²) in [4.78, 5) is 10.2. The van der Waals surface area contributed by atoms with E-state index >= 15 is 0 Å². The number of nitrogens with one attached hydrogen (secondary N) is 1. The fourth-order valence-electron chi connectivity index (χ4n) is 3.29. The molecule has 2 bridgehead atoms. The van der Waals surface area contributed by atoms with Gasteiger partial charge in [-0.15, -0.1) is 0 Å². The molecule has 1 aromatic heterocycles. The van der Waals surface area contributed by atoms with Gasteiger partial charge in [-0.1, -0.05) is 0 Å². The normalized spacial score (nSPS) is 34.5. The first-order valence-corrected chi connectivity index (χ1v) is 6.24. The molecule has 16 heavy (non-hydrogen) atoms. The second-order valence-electron chi connectivity index (χ2n) is 5.26. The third kappa shape index (κ3) is 1.66. The Morgan fingerprint density at radius 1 is 1.44 bits per heavy atom. The van der Waals surface area contributed by atoms with Gasteiger partial charge in [0.05, 0.1) is 12.0 Å². The first kappa shape index (κ1) is 10.3. The van der Waals surface area contributed by atoms with E-state index in [9.17, 15) is 0 Å². The molecule has 2 saturated heterocycles. The number of nitrogens with two attached hydrogens (primary N) is 1. The lowest BCUT2D eigenvalue weighted by Crippen LogP contribution is -2.46. The first-order valence-electron chi connectivity index (χ1n) is 6.24. The molecule has 0 spiro atoms. The molecule has 3 atom stereocenters. The van der Waals surface area contributed by atoms with Gasteiger partial charge in [0, 0.05) is 30.4 Å². The summed E-state index contributed by atoms with van der Waals surface area (Å²) in [6.07, 6.45) is 6.77. The third-order valence-electron chi connectivity index (χ3n) is 4.19. The molecule has 3 rings (SSSR count). The van der Waals surface area contributed by atoms with Crippen LogP contribution in [0.4, 0.5) is 0 Å². The highest BCUT2D eigenvalue weighted by Crippen LogP contribution is 2.36. The van der Waals surface area contributed by atoms with Crippen LogP contribution >= 0.6 is 0 Å². The number of H-pyrrole nitrogens is 1. The van der Waals surface area contributed by atoms with Gasteiger partial charge in [0.25, 0.3) is 0 Å². The van der Waals surface area contributed by atoms with E-state index in [1.165, 1.54) is 37.1 Å². The van der Waals surface area contributed by atoms with E-state index in [1.807, 2.05) is 0 Å². The van der Waals surface area contributed by atoms with Crippen LogP contribution in [0.1, 0.15) is 37.1 Å². The topological polar surface area (TPSA) is 57.9 Å². The average Bonchev–Trinajstić information content (AvgIpc) is 2.73. The molecule has 4 heteroatoms. The van der Waals surface area contributed by atoms with Crippen molar-refractivity contribution in [3.8, 4) is 0 Å². The van der Waals surface area contributed by atoms with Crippen LogP contribution in [0.2, 0.25) is 0 Å². The number of rotatable bonds is 2. The van der Waals surface area contributed by atoms with Gasteiger partial charge in [0.2, 0.25) is 0 Å². The highest BCUT2D eigenvalue weighted by molar-refractivity contribution is 5.10. The standard InChI is InChI=1S/C12H20N4/c1-8-12(15-7-14-8)6-16-10-2-3-11(16)5-9(13)4-10/h7,9-11H,2-6,13H2,1H3,(H,14,15)/t9?,10-,11+. The summed E-state index contributed by atoms with van der Waals surface area (Å²) in [6.45, 7) is 3.09. The molecule has 0 saturated carbocycles. The number of aromatic nitrogens is 2. The molecule has 4 nitrogen and oxygen atoms in total. The largest absolute Gasteiger partial charge is 0.348 e. The van der Waals surface area contributed by atoms with Crippen molar-refractivity contribution in [3.05, 3.63) is 17.7 Å². The molecule has 3 heterocycles. The molecule has 0 aromatic carbocycles. The van der Waals surface area contributed by atoms with Crippen LogP contribution in [0, 0.1) is 6.92 Å². The van der Waals surface area contributed by atoms with Crippen molar-refractivity contribution in [1.82, 2.24) is 14.9 Å². The van der Waals surface area contributed by atoms with Crippen molar-refractivity contribution >= 4 is 0 Å². The third-order valence-corrected chi connectivity index (χ3v) is 4.19. The lowest BCUT2D eigenvalue weighted by molar-refractivity contribution is 0.118. The van der Waals surface area contributed by atoms with E-state index < -0.39 is 0 Å². The summed E-state index contributed by atoms with van der Waals surface area (Å²) in [5.41, 5.74) is 8.48. The predicted molar refractivity (Wildman–Crippen MR) is 62.9 cm³/mol. The number of piperidine rings is 1. The van der Waals surface area contributed by atoms with Crippen LogP contribution in [-0.4, -0.2) is 33.0 Å². The molecule has 2 aliphatic rings. The van der Waals surface area contributed by atoms with E-state index in [0.29, 0.717) is 18.1 Å². The van der Waals surface area contributed by atoms with Gasteiger partial charge in [0.15, 0.2) is 0 Å². The Morgan fingerprint density at radius 3 is 2.69 bits per heavy atom. The van der Waals surface area contributed by atoms with Crippen molar-refractivity contribution in [3.63, 3.8) is 0 Å². The Morgan fingerprint density at radius 2 is 2.12 bits per heavy atom. The summed E-state index contributed by atoms with van der Waals surface area (Å²) < 4.78 is 0. The molecule has 2 fully saturated rings. The highest BCUT2D eigenvalue weighted by atomic mass is 15.2. The summed E-state index contributed by atoms with van der Waals surface area (Å²) in [5, 5.41) is 0. The lowest BCUT2D eigenvalue weighted by atomic mass is 9.98. The second kappa shape index (κ2) is 3.86. The van der Waals surface area contributed by atoms with Crippen molar-refractivity contribution in [2.45, 2.75) is 57.3 Å². The fraction of sp³-hybridized carbons (Fsp3) is 0.750. The first-order chi connectivity index (χ1) is 7.74. The van der Waals surface area contributed by atoms with Crippen LogP contribution in [0.15, 0.2) is 6.33 Å². The minimum atomic E-state index is 0.425. The fourth-order valence-corrected chi connectivity index (χ4v) is 3.29. The molecule has 0 radical (unpaired) electrons. The Hall–Kier alpha value is -0.870. The monoisotopic (exact) mass is 220 g/mol. The number of imidazole rings is 1. The molecular weight excluding hydrogens is 200 g/mol. The number of hydrogen-bond acceptors (Lipinski definition) is 3. The van der Waals surface area contributed by atoms with Crippen LogP contribution in [0.3, 0.4) is 0 Å². The molecule has 2 aliphatic heterocycles. The maximum atomic E-state index is 6.07. The van der Waals surface area contributed by atoms with Crippen LogP contribution < -0.4 is 5.73 Å². The molecule has 88 valence electrons. The smallest absolute Gasteiger partial charge is 0.0925 e. The van der Waals surface area contributed by atoms with Gasteiger partial charge in [0.1, 0.15) is 0 Å². The Labute approximate surface area is 96.2 Å². The van der Waals surface area contributed by atoms with Gasteiger partial charge in [-0.2, -0.15) is 0 Å². The lowest BCUT2D eigenvalue weighted by Gasteiger charge is -2.37. The molecule has 1 aromatic rings. The number of fused-ring (bicyclic) bond motifs is 2. The van der Waals surface area contributed by atoms with E-state index in [-0.39, 0.29) is 0 Å². The SMILES string of the molecule is Cc1[nH]cnc1CN1[C@@H]2CC[C@H]1CC(N)C2. The Kier molecular flexibility index (Phi) is 2.48. The minimum Gasteiger partial charge on any atom is -0.348 e. The Bertz CT molecular complexity index is 359. The van der Waals surface area contributed by atoms with E-state index in [4.69, 9.17) is 5.73 Å². The van der Waals surface area contributed by atoms with Crippen molar-refractivity contribution in [2.24, 2.45) is 5.73 Å². The molecule has 1 unspecified atom stereocenters. The predicted octanol–water partition coefficient (Wildman–Crippen LogP) is 1.17. The van der Waals surface area contributed by atoms with E-state index in [2.05, 4.69) is 21.8 Å². The number of aryl methyl sites for hydroxylation is 1. The zero-order valence-corrected chi connectivity index (χ0v) is 9.82. The maximum Gasteiger partial charge on any atom is 0.0925 e. The summed E-state index contributed by atoms with van der Waals surface area (Å²) in [6, 6.07) is 1.82. The van der Waals surface area contributed by atoms with Gasteiger partial charge in [-0.25, -0.2) is 4.98 Å². The highest BCUT2D eigenvalue weighted by Gasteiger charge is 2.39. The van der Waals surface area contributed by atoms with Crippen LogP contribution in [-0.2, 0) is 6.54 Å².